The number of nitrogens with one attached hydrogen (secondary N) is 1. The molecule has 0 fully saturated rings. The zero-order chi connectivity index (χ0) is 17.8. The molecule has 1 aromatic rings. The molecule has 0 aliphatic carbocycles. The molecule has 0 saturated carbocycles. The number of carbonyl (C=O) groups excluding carboxylic acids is 1. The predicted molar refractivity (Wildman–Crippen MR) is 102 cm³/mol. The van der Waals surface area contributed by atoms with Crippen molar-refractivity contribution in [3.63, 3.8) is 0 Å². The summed E-state index contributed by atoms with van der Waals surface area (Å²) < 4.78 is 0. The molecule has 0 radical (unpaired) electrons. The summed E-state index contributed by atoms with van der Waals surface area (Å²) in [6, 6.07) is 3.02. The van der Waals surface area contributed by atoms with Gasteiger partial charge in [-0.25, -0.2) is 0 Å². The van der Waals surface area contributed by atoms with Gasteiger partial charge < -0.3 is 26.2 Å². The molecule has 8 heteroatoms. The Hall–Kier alpha value is -1.05. The minimum Gasteiger partial charge on any atom is -0.398 e. The predicted octanol–water partition coefficient (Wildman–Crippen LogP) is 1.91. The van der Waals surface area contributed by atoms with Crippen molar-refractivity contribution < 1.29 is 15.0 Å². The third-order valence-corrected chi connectivity index (χ3v) is 3.57. The Morgan fingerprint density at radius 1 is 1.25 bits per heavy atom. The highest BCUT2D eigenvalue weighted by Crippen LogP contribution is 2.23. The van der Waals surface area contributed by atoms with E-state index in [9.17, 15) is 9.90 Å². The molecular weight excluding hydrogens is 353 g/mol. The highest BCUT2D eigenvalue weighted by atomic mass is 35.5. The van der Waals surface area contributed by atoms with Gasteiger partial charge in [0.05, 0.1) is 17.3 Å². The number of benzene rings is 1. The number of carbonyl (C=O) groups is 1. The van der Waals surface area contributed by atoms with Crippen molar-refractivity contribution in [1.29, 1.82) is 0 Å². The molecular formula is C16H29Cl2N3O3. The molecule has 0 aliphatic heterocycles. The number of hydrogen-bond acceptors (Lipinski definition) is 5. The lowest BCUT2D eigenvalue weighted by atomic mass is 10.1. The van der Waals surface area contributed by atoms with Crippen molar-refractivity contribution in [2.75, 3.05) is 38.5 Å². The molecule has 1 amide bonds. The smallest absolute Gasteiger partial charge is 0.251 e. The number of aliphatic hydroxyl groups excluding tert-OH is 2. The molecule has 0 aliphatic rings. The van der Waals surface area contributed by atoms with E-state index >= 15 is 0 Å². The highest BCUT2D eigenvalue weighted by molar-refractivity contribution is 6.33. The van der Waals surface area contributed by atoms with Gasteiger partial charge in [-0.3, -0.25) is 4.79 Å². The van der Waals surface area contributed by atoms with E-state index < -0.39 is 0 Å². The maximum Gasteiger partial charge on any atom is 0.251 e. The zero-order valence-electron chi connectivity index (χ0n) is 14.5. The Morgan fingerprint density at radius 2 is 1.79 bits per heavy atom. The lowest BCUT2D eigenvalue weighted by molar-refractivity contribution is 0.0946. The lowest BCUT2D eigenvalue weighted by Gasteiger charge is -2.18. The summed E-state index contributed by atoms with van der Waals surface area (Å²) in [6.07, 6.45) is 0. The van der Waals surface area contributed by atoms with Gasteiger partial charge in [0.25, 0.3) is 5.91 Å². The summed E-state index contributed by atoms with van der Waals surface area (Å²) in [5, 5.41) is 20.0. The number of nitrogen functional groups attached to an aromatic ring is 1. The summed E-state index contributed by atoms with van der Waals surface area (Å²) in [5.74, 6) is -0.247. The van der Waals surface area contributed by atoms with Crippen molar-refractivity contribution in [2.24, 2.45) is 0 Å². The van der Waals surface area contributed by atoms with Crippen LogP contribution in [-0.4, -0.2) is 53.8 Å². The Labute approximate surface area is 155 Å². The summed E-state index contributed by atoms with van der Waals surface area (Å²) in [6.45, 7) is 9.07. The van der Waals surface area contributed by atoms with Gasteiger partial charge >= 0.3 is 0 Å². The summed E-state index contributed by atoms with van der Waals surface area (Å²) in [7, 11) is 0. The molecule has 140 valence electrons. The van der Waals surface area contributed by atoms with Crippen LogP contribution in [0.2, 0.25) is 5.02 Å². The quantitative estimate of drug-likeness (QED) is 0.540. The molecule has 0 aromatic heterocycles. The van der Waals surface area contributed by atoms with Crippen LogP contribution < -0.4 is 11.1 Å². The van der Waals surface area contributed by atoms with E-state index in [1.165, 1.54) is 12.1 Å². The van der Waals surface area contributed by atoms with E-state index in [0.29, 0.717) is 28.4 Å². The number of hydrogen-bond donors (Lipinski definition) is 4. The molecule has 5 N–H and O–H groups in total. The summed E-state index contributed by atoms with van der Waals surface area (Å²) >= 11 is 5.92. The number of nitrogens with zero attached hydrogens (tertiary/aromatic N) is 1. The van der Waals surface area contributed by atoms with Gasteiger partial charge in [0, 0.05) is 25.3 Å². The van der Waals surface area contributed by atoms with Gasteiger partial charge in [0.2, 0.25) is 0 Å². The standard InChI is InChI=1S/C14H22ClN3O2.C2H6O.ClH/c1-3-18(4-2)6-5-17-14(20)11-8-12(15)13(16)7-10(11)9-19;1-2-3;/h7-8,19H,3-6,9,16H2,1-2H3,(H,17,20);3H,2H2,1H3;1H. The first kappa shape index (κ1) is 25.2. The number of rotatable bonds is 7. The third kappa shape index (κ3) is 8.70. The van der Waals surface area contributed by atoms with Crippen LogP contribution in [0.4, 0.5) is 5.69 Å². The second-order valence-corrected chi connectivity index (χ2v) is 5.20. The van der Waals surface area contributed by atoms with Crippen LogP contribution in [0.3, 0.4) is 0 Å². The average molecular weight is 382 g/mol. The van der Waals surface area contributed by atoms with E-state index in [4.69, 9.17) is 22.4 Å². The van der Waals surface area contributed by atoms with Gasteiger partial charge in [0.15, 0.2) is 0 Å². The average Bonchev–Trinajstić information content (AvgIpc) is 2.54. The topological polar surface area (TPSA) is 98.8 Å². The Balaban J connectivity index is 0. The zero-order valence-corrected chi connectivity index (χ0v) is 16.1. The summed E-state index contributed by atoms with van der Waals surface area (Å²) in [4.78, 5) is 14.3. The lowest BCUT2D eigenvalue weighted by Crippen LogP contribution is -2.35. The Bertz CT molecular complexity index is 484. The number of amides is 1. The van der Waals surface area contributed by atoms with E-state index in [2.05, 4.69) is 24.1 Å². The third-order valence-electron chi connectivity index (χ3n) is 3.25. The molecule has 0 atom stereocenters. The molecule has 0 spiro atoms. The normalized spacial score (nSPS) is 9.79. The van der Waals surface area contributed by atoms with Gasteiger partial charge in [-0.15, -0.1) is 12.4 Å². The van der Waals surface area contributed by atoms with Gasteiger partial charge in [-0.1, -0.05) is 25.4 Å². The summed E-state index contributed by atoms with van der Waals surface area (Å²) in [5.41, 5.74) is 6.86. The van der Waals surface area contributed by atoms with Crippen molar-refractivity contribution in [1.82, 2.24) is 10.2 Å². The van der Waals surface area contributed by atoms with E-state index in [0.717, 1.165) is 19.6 Å². The van der Waals surface area contributed by atoms with Crippen LogP contribution in [0.1, 0.15) is 36.7 Å². The molecule has 1 aromatic carbocycles. The van der Waals surface area contributed by atoms with Crippen LogP contribution in [-0.2, 0) is 6.61 Å². The number of likely N-dealkylation sites (N-methyl/N-ethyl adjacent to an activating group) is 1. The van der Waals surface area contributed by atoms with Crippen molar-refractivity contribution in [3.8, 4) is 0 Å². The Kier molecular flexibility index (Phi) is 15.0. The number of halogens is 2. The van der Waals surface area contributed by atoms with Crippen LogP contribution in [0.25, 0.3) is 0 Å². The van der Waals surface area contributed by atoms with Crippen LogP contribution in [0.5, 0.6) is 0 Å². The van der Waals surface area contributed by atoms with Crippen LogP contribution in [0.15, 0.2) is 12.1 Å². The second-order valence-electron chi connectivity index (χ2n) is 4.79. The first-order chi connectivity index (χ1) is 10.9. The van der Waals surface area contributed by atoms with Crippen molar-refractivity contribution in [3.05, 3.63) is 28.3 Å². The first-order valence-corrected chi connectivity index (χ1v) is 8.12. The second kappa shape index (κ2) is 14.3. The SMILES string of the molecule is CCN(CC)CCNC(=O)c1cc(Cl)c(N)cc1CO.CCO.Cl. The number of nitrogens with two attached hydrogens (primary N) is 1. The minimum atomic E-state index is -0.250. The van der Waals surface area contributed by atoms with E-state index in [-0.39, 0.29) is 31.5 Å². The van der Waals surface area contributed by atoms with E-state index in [1.54, 1.807) is 6.92 Å². The monoisotopic (exact) mass is 381 g/mol. The molecule has 0 unspecified atom stereocenters. The van der Waals surface area contributed by atoms with Gasteiger partial charge in [-0.2, -0.15) is 0 Å². The van der Waals surface area contributed by atoms with E-state index in [1.807, 2.05) is 0 Å². The maximum absolute atomic E-state index is 12.1. The van der Waals surface area contributed by atoms with Crippen molar-refractivity contribution >= 4 is 35.6 Å². The highest BCUT2D eigenvalue weighted by Gasteiger charge is 2.13. The van der Waals surface area contributed by atoms with Crippen LogP contribution >= 0.6 is 24.0 Å². The van der Waals surface area contributed by atoms with Gasteiger partial charge in [0.1, 0.15) is 0 Å². The molecule has 0 saturated heterocycles. The first-order valence-electron chi connectivity index (χ1n) is 7.75. The maximum atomic E-state index is 12.1. The largest absolute Gasteiger partial charge is 0.398 e. The fourth-order valence-electron chi connectivity index (χ4n) is 1.94. The fourth-order valence-corrected chi connectivity index (χ4v) is 2.11. The number of aliphatic hydroxyl groups is 2. The van der Waals surface area contributed by atoms with Crippen LogP contribution in [0, 0.1) is 0 Å². The molecule has 0 heterocycles. The Morgan fingerprint density at radius 3 is 2.25 bits per heavy atom. The number of anilines is 1. The molecule has 24 heavy (non-hydrogen) atoms. The van der Waals surface area contributed by atoms with Crippen molar-refractivity contribution in [2.45, 2.75) is 27.4 Å². The molecule has 1 rings (SSSR count). The molecule has 6 nitrogen and oxygen atoms in total. The molecule has 0 bridgehead atoms. The van der Waals surface area contributed by atoms with Gasteiger partial charge in [-0.05, 0) is 37.7 Å². The fraction of sp³-hybridized carbons (Fsp3) is 0.562. The minimum absolute atomic E-state index is 0.